The Morgan fingerprint density at radius 1 is 1.15 bits per heavy atom. The summed E-state index contributed by atoms with van der Waals surface area (Å²) in [5.74, 6) is 0.765. The molecule has 1 aliphatic rings. The van der Waals surface area contributed by atoms with Gasteiger partial charge in [-0.3, -0.25) is 9.69 Å². The van der Waals surface area contributed by atoms with Crippen molar-refractivity contribution in [3.63, 3.8) is 0 Å². The van der Waals surface area contributed by atoms with Crippen LogP contribution in [0.2, 0.25) is 0 Å². The van der Waals surface area contributed by atoms with E-state index in [0.717, 1.165) is 12.0 Å². The molecule has 0 aromatic heterocycles. The normalized spacial score (nSPS) is 19.4. The van der Waals surface area contributed by atoms with Crippen molar-refractivity contribution in [3.05, 3.63) is 72.4 Å². The summed E-state index contributed by atoms with van der Waals surface area (Å²) in [5, 5.41) is 0. The number of amides is 1. The standard InChI is InChI=1S/C28H35NO5/c1-6-20-19-33-26(30)18-25(20)24(21-10-8-7-9-11-21)16-17-29(27(31)34-28(2,3)4)22-12-14-23(32-5)15-13-22/h7-17,20,24-25H,6,18-19H2,1-5H3/b17-16-/t20-,24+,25-/m0/s1. The third kappa shape index (κ3) is 6.62. The highest BCUT2D eigenvalue weighted by Crippen LogP contribution is 2.39. The number of nitrogens with zero attached hydrogens (tertiary/aromatic N) is 1. The maximum absolute atomic E-state index is 13.2. The molecule has 1 aliphatic heterocycles. The number of cyclic esters (lactones) is 1. The first-order valence-corrected chi connectivity index (χ1v) is 11.8. The summed E-state index contributed by atoms with van der Waals surface area (Å²) >= 11 is 0. The van der Waals surface area contributed by atoms with Gasteiger partial charge >= 0.3 is 12.1 Å². The van der Waals surface area contributed by atoms with Crippen molar-refractivity contribution >= 4 is 17.7 Å². The molecule has 0 spiro atoms. The van der Waals surface area contributed by atoms with E-state index < -0.39 is 11.7 Å². The van der Waals surface area contributed by atoms with Gasteiger partial charge in [-0.05, 0) is 68.9 Å². The van der Waals surface area contributed by atoms with Crippen molar-refractivity contribution in [2.24, 2.45) is 11.8 Å². The number of carbonyl (C=O) groups excluding carboxylic acids is 2. The third-order valence-electron chi connectivity index (χ3n) is 6.02. The number of benzene rings is 2. The molecule has 6 nitrogen and oxygen atoms in total. The van der Waals surface area contributed by atoms with Crippen molar-refractivity contribution in [1.29, 1.82) is 0 Å². The first kappa shape index (κ1) is 25.3. The van der Waals surface area contributed by atoms with E-state index in [1.54, 1.807) is 25.4 Å². The molecule has 2 aromatic carbocycles. The third-order valence-corrected chi connectivity index (χ3v) is 6.02. The topological polar surface area (TPSA) is 65.1 Å². The van der Waals surface area contributed by atoms with Crippen molar-refractivity contribution in [2.75, 3.05) is 18.6 Å². The van der Waals surface area contributed by atoms with Crippen molar-refractivity contribution in [3.8, 4) is 5.75 Å². The zero-order valence-corrected chi connectivity index (χ0v) is 20.7. The summed E-state index contributed by atoms with van der Waals surface area (Å²) < 4.78 is 16.3. The minimum Gasteiger partial charge on any atom is -0.497 e. The molecule has 0 bridgehead atoms. The molecule has 1 amide bonds. The Morgan fingerprint density at radius 2 is 1.82 bits per heavy atom. The van der Waals surface area contributed by atoms with Crippen LogP contribution in [0.25, 0.3) is 0 Å². The average Bonchev–Trinajstić information content (AvgIpc) is 2.81. The number of esters is 1. The van der Waals surface area contributed by atoms with E-state index in [2.05, 4.69) is 19.1 Å². The highest BCUT2D eigenvalue weighted by atomic mass is 16.6. The number of ether oxygens (including phenoxy) is 3. The molecule has 6 heteroatoms. The lowest BCUT2D eigenvalue weighted by Gasteiger charge is -2.35. The fourth-order valence-electron chi connectivity index (χ4n) is 4.24. The zero-order valence-electron chi connectivity index (χ0n) is 20.7. The van der Waals surface area contributed by atoms with Gasteiger partial charge in [0.25, 0.3) is 0 Å². The zero-order chi connectivity index (χ0) is 24.7. The van der Waals surface area contributed by atoms with E-state index in [4.69, 9.17) is 14.2 Å². The Kier molecular flexibility index (Phi) is 8.37. The van der Waals surface area contributed by atoms with E-state index in [-0.39, 0.29) is 23.7 Å². The number of allylic oxidation sites excluding steroid dienone is 1. The summed E-state index contributed by atoms with van der Waals surface area (Å²) in [6, 6.07) is 17.3. The Labute approximate surface area is 202 Å². The van der Waals surface area contributed by atoms with Crippen LogP contribution in [0.4, 0.5) is 10.5 Å². The maximum Gasteiger partial charge on any atom is 0.418 e. The van der Waals surface area contributed by atoms with Gasteiger partial charge in [0.15, 0.2) is 0 Å². The summed E-state index contributed by atoms with van der Waals surface area (Å²) in [4.78, 5) is 26.9. The lowest BCUT2D eigenvalue weighted by atomic mass is 9.74. The minimum atomic E-state index is -0.644. The van der Waals surface area contributed by atoms with Crippen LogP contribution < -0.4 is 9.64 Å². The molecular formula is C28H35NO5. The highest BCUT2D eigenvalue weighted by molar-refractivity contribution is 5.90. The molecular weight excluding hydrogens is 430 g/mol. The van der Waals surface area contributed by atoms with Gasteiger partial charge in [-0.1, -0.05) is 43.3 Å². The minimum absolute atomic E-state index is 0.0674. The van der Waals surface area contributed by atoms with Crippen LogP contribution in [0.3, 0.4) is 0 Å². The lowest BCUT2D eigenvalue weighted by molar-refractivity contribution is -0.153. The van der Waals surface area contributed by atoms with Crippen molar-refractivity contribution in [1.82, 2.24) is 0 Å². The molecule has 0 N–H and O–H groups in total. The lowest BCUT2D eigenvalue weighted by Crippen LogP contribution is -2.35. The number of hydrogen-bond donors (Lipinski definition) is 0. The Hall–Kier alpha value is -3.28. The van der Waals surface area contributed by atoms with Gasteiger partial charge in [0.1, 0.15) is 11.4 Å². The smallest absolute Gasteiger partial charge is 0.418 e. The average molecular weight is 466 g/mol. The molecule has 1 saturated heterocycles. The molecule has 182 valence electrons. The van der Waals surface area contributed by atoms with Crippen LogP contribution >= 0.6 is 0 Å². The monoisotopic (exact) mass is 465 g/mol. The largest absolute Gasteiger partial charge is 0.497 e. The molecule has 3 atom stereocenters. The molecule has 0 saturated carbocycles. The molecule has 0 unspecified atom stereocenters. The van der Waals surface area contributed by atoms with Crippen LogP contribution in [0, 0.1) is 11.8 Å². The fourth-order valence-corrected chi connectivity index (χ4v) is 4.24. The highest BCUT2D eigenvalue weighted by Gasteiger charge is 2.35. The number of anilines is 1. The SMILES string of the molecule is CC[C@H]1COC(=O)C[C@@H]1[C@H](/C=C\N(C(=O)OC(C)(C)C)c1ccc(OC)cc1)c1ccccc1. The Morgan fingerprint density at radius 3 is 2.41 bits per heavy atom. The molecule has 0 aliphatic carbocycles. The van der Waals surface area contributed by atoms with Gasteiger partial charge < -0.3 is 14.2 Å². The van der Waals surface area contributed by atoms with Crippen LogP contribution in [0.1, 0.15) is 52.0 Å². The molecule has 34 heavy (non-hydrogen) atoms. The molecule has 1 heterocycles. The van der Waals surface area contributed by atoms with Gasteiger partial charge in [0.2, 0.25) is 0 Å². The Balaban J connectivity index is 2.00. The van der Waals surface area contributed by atoms with Gasteiger partial charge in [0, 0.05) is 18.5 Å². The first-order valence-electron chi connectivity index (χ1n) is 11.8. The van der Waals surface area contributed by atoms with Crippen LogP contribution in [-0.2, 0) is 14.3 Å². The van der Waals surface area contributed by atoms with Gasteiger partial charge in [-0.25, -0.2) is 4.79 Å². The summed E-state index contributed by atoms with van der Waals surface area (Å²) in [6.07, 6.45) is 4.55. The van der Waals surface area contributed by atoms with Crippen molar-refractivity contribution < 1.29 is 23.8 Å². The quantitative estimate of drug-likeness (QED) is 0.448. The second kappa shape index (κ2) is 11.2. The number of methoxy groups -OCH3 is 1. The number of rotatable bonds is 7. The second-order valence-corrected chi connectivity index (χ2v) is 9.55. The van der Waals surface area contributed by atoms with Crippen molar-refractivity contribution in [2.45, 2.75) is 52.1 Å². The predicted molar refractivity (Wildman–Crippen MR) is 133 cm³/mol. The summed E-state index contributed by atoms with van der Waals surface area (Å²) in [7, 11) is 1.60. The van der Waals surface area contributed by atoms with E-state index in [9.17, 15) is 9.59 Å². The van der Waals surface area contributed by atoms with Gasteiger partial charge in [0.05, 0.1) is 19.4 Å². The van der Waals surface area contributed by atoms with E-state index in [1.807, 2.05) is 57.2 Å². The first-order chi connectivity index (χ1) is 16.2. The second-order valence-electron chi connectivity index (χ2n) is 9.55. The number of carbonyl (C=O) groups is 2. The van der Waals surface area contributed by atoms with E-state index in [0.29, 0.717) is 24.5 Å². The van der Waals surface area contributed by atoms with Gasteiger partial charge in [-0.15, -0.1) is 0 Å². The summed E-state index contributed by atoms with van der Waals surface area (Å²) in [5.41, 5.74) is 1.11. The van der Waals surface area contributed by atoms with E-state index in [1.165, 1.54) is 4.90 Å². The van der Waals surface area contributed by atoms with Gasteiger partial charge in [-0.2, -0.15) is 0 Å². The molecule has 3 rings (SSSR count). The Bertz CT molecular complexity index is 978. The maximum atomic E-state index is 13.2. The summed E-state index contributed by atoms with van der Waals surface area (Å²) in [6.45, 7) is 8.06. The molecule has 0 radical (unpaired) electrons. The van der Waals surface area contributed by atoms with E-state index >= 15 is 0 Å². The van der Waals surface area contributed by atoms with Crippen LogP contribution in [0.5, 0.6) is 5.75 Å². The molecule has 1 fully saturated rings. The molecule has 2 aromatic rings. The van der Waals surface area contributed by atoms with Crippen LogP contribution in [-0.4, -0.2) is 31.4 Å². The fraction of sp³-hybridized carbons (Fsp3) is 0.429. The number of hydrogen-bond acceptors (Lipinski definition) is 5. The van der Waals surface area contributed by atoms with Crippen LogP contribution in [0.15, 0.2) is 66.9 Å². The predicted octanol–water partition coefficient (Wildman–Crippen LogP) is 6.32.